The Labute approximate surface area is 182 Å². The molecule has 6 nitrogen and oxygen atoms in total. The number of aliphatic imine (C=N–C) groups is 1. The summed E-state index contributed by atoms with van der Waals surface area (Å²) in [4.78, 5) is 4.22. The first kappa shape index (κ1) is 24.0. The molecule has 2 aromatic rings. The summed E-state index contributed by atoms with van der Waals surface area (Å²) in [6.45, 7) is 2.95. The second-order valence-corrected chi connectivity index (χ2v) is 5.65. The van der Waals surface area contributed by atoms with Crippen molar-refractivity contribution in [3.05, 3.63) is 53.8 Å². The highest BCUT2D eigenvalue weighted by Gasteiger charge is 2.12. The third-order valence-corrected chi connectivity index (χ3v) is 3.93. The van der Waals surface area contributed by atoms with E-state index in [2.05, 4.69) is 15.6 Å². The Morgan fingerprint density at radius 1 is 1.11 bits per heavy atom. The Bertz CT molecular complexity index is 757. The van der Waals surface area contributed by atoms with Crippen molar-refractivity contribution in [1.82, 2.24) is 5.32 Å². The Morgan fingerprint density at radius 2 is 1.82 bits per heavy atom. The quantitative estimate of drug-likeness (QED) is 0.321. The molecule has 0 saturated heterocycles. The third-order valence-electron chi connectivity index (χ3n) is 3.93. The molecule has 0 spiro atoms. The van der Waals surface area contributed by atoms with Gasteiger partial charge in [-0.25, -0.2) is 4.39 Å². The minimum atomic E-state index is -0.275. The lowest BCUT2D eigenvalue weighted by molar-refractivity contribution is 0.106. The largest absolute Gasteiger partial charge is 0.493 e. The molecule has 2 N–H and O–H groups in total. The van der Waals surface area contributed by atoms with Gasteiger partial charge in [0.2, 0.25) is 0 Å². The van der Waals surface area contributed by atoms with E-state index in [1.54, 1.807) is 33.4 Å². The van der Waals surface area contributed by atoms with Crippen LogP contribution in [0.2, 0.25) is 0 Å². The summed E-state index contributed by atoms with van der Waals surface area (Å²) >= 11 is 0. The van der Waals surface area contributed by atoms with Crippen LogP contribution in [0.15, 0.2) is 47.5 Å². The SMILES string of the molecule is CCOc1ccc(NC(=NC)NCC(OC)c2ccc(F)cc2)cc1OC.I. The van der Waals surface area contributed by atoms with Gasteiger partial charge in [-0.3, -0.25) is 4.99 Å². The lowest BCUT2D eigenvalue weighted by Gasteiger charge is -2.19. The third kappa shape index (κ3) is 6.83. The number of ether oxygens (including phenoxy) is 3. The molecular weight excluding hydrogens is 476 g/mol. The lowest BCUT2D eigenvalue weighted by Crippen LogP contribution is -2.34. The molecule has 8 heteroatoms. The number of nitrogens with one attached hydrogen (secondary N) is 2. The van der Waals surface area contributed by atoms with Gasteiger partial charge in [0.25, 0.3) is 0 Å². The fraction of sp³-hybridized carbons (Fsp3) is 0.350. The minimum absolute atomic E-state index is 0. The number of guanidine groups is 1. The van der Waals surface area contributed by atoms with E-state index in [-0.39, 0.29) is 35.9 Å². The summed E-state index contributed by atoms with van der Waals surface area (Å²) in [7, 11) is 4.89. The lowest BCUT2D eigenvalue weighted by atomic mass is 10.1. The molecule has 0 aliphatic heterocycles. The second-order valence-electron chi connectivity index (χ2n) is 5.65. The van der Waals surface area contributed by atoms with Crippen LogP contribution in [-0.2, 0) is 4.74 Å². The maximum absolute atomic E-state index is 13.1. The topological polar surface area (TPSA) is 64.1 Å². The highest BCUT2D eigenvalue weighted by Crippen LogP contribution is 2.30. The van der Waals surface area contributed by atoms with Crippen molar-refractivity contribution in [3.63, 3.8) is 0 Å². The molecular formula is C20H27FIN3O3. The molecule has 0 heterocycles. The van der Waals surface area contributed by atoms with Gasteiger partial charge in [0, 0.05) is 32.5 Å². The van der Waals surface area contributed by atoms with Crippen LogP contribution < -0.4 is 20.1 Å². The van der Waals surface area contributed by atoms with E-state index in [4.69, 9.17) is 14.2 Å². The monoisotopic (exact) mass is 503 g/mol. The van der Waals surface area contributed by atoms with Crippen LogP contribution in [0.3, 0.4) is 0 Å². The Hall–Kier alpha value is -2.07. The van der Waals surface area contributed by atoms with Crippen LogP contribution in [0.1, 0.15) is 18.6 Å². The molecule has 0 amide bonds. The van der Waals surface area contributed by atoms with E-state index in [9.17, 15) is 4.39 Å². The molecule has 1 unspecified atom stereocenters. The molecule has 2 rings (SSSR count). The molecule has 0 aromatic heterocycles. The van der Waals surface area contributed by atoms with E-state index in [1.807, 2.05) is 25.1 Å². The van der Waals surface area contributed by atoms with Crippen LogP contribution in [0.5, 0.6) is 11.5 Å². The van der Waals surface area contributed by atoms with Crippen molar-refractivity contribution < 1.29 is 18.6 Å². The molecule has 154 valence electrons. The van der Waals surface area contributed by atoms with Crippen LogP contribution in [0, 0.1) is 5.82 Å². The van der Waals surface area contributed by atoms with Crippen LogP contribution in [0.25, 0.3) is 0 Å². The summed E-state index contributed by atoms with van der Waals surface area (Å²) in [5.41, 5.74) is 1.68. The number of hydrogen-bond donors (Lipinski definition) is 2. The molecule has 0 aliphatic carbocycles. The smallest absolute Gasteiger partial charge is 0.195 e. The number of anilines is 1. The zero-order chi connectivity index (χ0) is 19.6. The van der Waals surface area contributed by atoms with Gasteiger partial charge in [-0.15, -0.1) is 24.0 Å². The average Bonchev–Trinajstić information content (AvgIpc) is 2.69. The number of hydrogen-bond acceptors (Lipinski definition) is 4. The van der Waals surface area contributed by atoms with E-state index in [0.717, 1.165) is 11.3 Å². The van der Waals surface area contributed by atoms with E-state index in [0.29, 0.717) is 30.6 Å². The molecule has 0 bridgehead atoms. The first-order chi connectivity index (χ1) is 13.1. The molecule has 28 heavy (non-hydrogen) atoms. The van der Waals surface area contributed by atoms with Gasteiger partial charge in [0.1, 0.15) is 5.82 Å². The van der Waals surface area contributed by atoms with E-state index in [1.165, 1.54) is 12.1 Å². The van der Waals surface area contributed by atoms with E-state index < -0.39 is 0 Å². The summed E-state index contributed by atoms with van der Waals surface area (Å²) in [6, 6.07) is 11.8. The Balaban J connectivity index is 0.00000392. The Morgan fingerprint density at radius 3 is 2.39 bits per heavy atom. The van der Waals surface area contributed by atoms with Crippen LogP contribution in [-0.4, -0.2) is 40.4 Å². The van der Waals surface area contributed by atoms with Crippen molar-refractivity contribution in [2.75, 3.05) is 39.7 Å². The van der Waals surface area contributed by atoms with Crippen molar-refractivity contribution in [2.45, 2.75) is 13.0 Å². The maximum Gasteiger partial charge on any atom is 0.195 e. The second kappa shape index (κ2) is 12.4. The molecule has 0 aliphatic rings. The van der Waals surface area contributed by atoms with Gasteiger partial charge in [0.05, 0.1) is 19.8 Å². The minimum Gasteiger partial charge on any atom is -0.493 e. The number of nitrogens with zero attached hydrogens (tertiary/aromatic N) is 1. The predicted octanol–water partition coefficient (Wildman–Crippen LogP) is 4.23. The first-order valence-electron chi connectivity index (χ1n) is 8.68. The van der Waals surface area contributed by atoms with Gasteiger partial charge in [-0.05, 0) is 36.8 Å². The number of benzene rings is 2. The van der Waals surface area contributed by atoms with Crippen molar-refractivity contribution in [1.29, 1.82) is 0 Å². The summed E-state index contributed by atoms with van der Waals surface area (Å²) in [5.74, 6) is 1.62. The summed E-state index contributed by atoms with van der Waals surface area (Å²) < 4.78 is 29.5. The summed E-state index contributed by atoms with van der Waals surface area (Å²) in [5, 5.41) is 6.41. The molecule has 2 aromatic carbocycles. The van der Waals surface area contributed by atoms with E-state index >= 15 is 0 Å². The summed E-state index contributed by atoms with van der Waals surface area (Å²) in [6.07, 6.45) is -0.237. The van der Waals surface area contributed by atoms with Crippen molar-refractivity contribution in [2.24, 2.45) is 4.99 Å². The molecule has 1 atom stereocenters. The number of halogens is 2. The van der Waals surface area contributed by atoms with Crippen LogP contribution in [0.4, 0.5) is 10.1 Å². The van der Waals surface area contributed by atoms with Crippen molar-refractivity contribution in [3.8, 4) is 11.5 Å². The van der Waals surface area contributed by atoms with Gasteiger partial charge in [-0.2, -0.15) is 0 Å². The number of rotatable bonds is 8. The average molecular weight is 503 g/mol. The zero-order valence-electron chi connectivity index (χ0n) is 16.5. The molecule has 0 saturated carbocycles. The standard InChI is InChI=1S/C20H26FN3O3.HI/c1-5-27-17-11-10-16(12-18(17)25-3)24-20(22-2)23-13-19(26-4)14-6-8-15(21)9-7-14;/h6-12,19H,5,13H2,1-4H3,(H2,22,23,24);1H. The highest BCUT2D eigenvalue weighted by atomic mass is 127. The maximum atomic E-state index is 13.1. The van der Waals surface area contributed by atoms with Crippen molar-refractivity contribution >= 4 is 35.6 Å². The fourth-order valence-corrected chi connectivity index (χ4v) is 2.54. The van der Waals surface area contributed by atoms with Gasteiger partial charge in [0.15, 0.2) is 17.5 Å². The van der Waals surface area contributed by atoms with Gasteiger partial charge in [-0.1, -0.05) is 12.1 Å². The molecule has 0 radical (unpaired) electrons. The first-order valence-corrected chi connectivity index (χ1v) is 8.68. The fourth-order valence-electron chi connectivity index (χ4n) is 2.54. The highest BCUT2D eigenvalue weighted by molar-refractivity contribution is 14.0. The normalized spacial score (nSPS) is 12.0. The predicted molar refractivity (Wildman–Crippen MR) is 121 cm³/mol. The molecule has 0 fully saturated rings. The Kier molecular flexibility index (Phi) is 10.6. The number of methoxy groups -OCH3 is 2. The van der Waals surface area contributed by atoms with Gasteiger partial charge >= 0.3 is 0 Å². The van der Waals surface area contributed by atoms with Crippen LogP contribution >= 0.6 is 24.0 Å². The zero-order valence-corrected chi connectivity index (χ0v) is 18.8. The van der Waals surface area contributed by atoms with Gasteiger partial charge < -0.3 is 24.8 Å².